The van der Waals surface area contributed by atoms with Crippen LogP contribution in [0.15, 0.2) is 92.9 Å². The van der Waals surface area contributed by atoms with Crippen LogP contribution >= 0.6 is 31.9 Å². The maximum absolute atomic E-state index is 13.4. The molecule has 0 bridgehead atoms. The topological polar surface area (TPSA) is 40.5 Å². The van der Waals surface area contributed by atoms with Gasteiger partial charge in [-0.2, -0.15) is 0 Å². The zero-order valence-electron chi connectivity index (χ0n) is 16.8. The minimum Gasteiger partial charge on any atom is -0.508 e. The molecule has 1 aliphatic rings. The number of likely N-dealkylation sites (tertiary alicyclic amines) is 1. The van der Waals surface area contributed by atoms with Crippen molar-refractivity contribution in [3.05, 3.63) is 110 Å². The van der Waals surface area contributed by atoms with Gasteiger partial charge in [0, 0.05) is 39.7 Å². The molecular weight excluding hydrogens is 518 g/mol. The molecule has 1 heterocycles. The number of rotatable bonds is 4. The minimum atomic E-state index is 0.0556. The number of carbonyl (C=O) groups is 1. The lowest BCUT2D eigenvalue weighted by Crippen LogP contribution is -2.37. The molecule has 1 saturated heterocycles. The van der Waals surface area contributed by atoms with Crippen LogP contribution in [0.4, 0.5) is 0 Å². The number of carbonyl (C=O) groups excluding carboxylic acids is 1. The second-order valence-electron chi connectivity index (χ2n) is 7.53. The van der Waals surface area contributed by atoms with Crippen LogP contribution < -0.4 is 0 Å². The summed E-state index contributed by atoms with van der Waals surface area (Å²) in [5, 5.41) is 9.69. The van der Waals surface area contributed by atoms with E-state index in [-0.39, 0.29) is 11.5 Å². The Labute approximate surface area is 199 Å². The fourth-order valence-corrected chi connectivity index (χ4v) is 4.54. The molecule has 4 rings (SSSR count). The molecule has 3 aromatic rings. The highest BCUT2D eigenvalue weighted by molar-refractivity contribution is 9.10. The number of aromatic hydroxyl groups is 1. The lowest BCUT2D eigenvalue weighted by molar-refractivity contribution is -0.113. The van der Waals surface area contributed by atoms with Crippen LogP contribution in [-0.2, 0) is 11.3 Å². The Balaban J connectivity index is 1.72. The van der Waals surface area contributed by atoms with Gasteiger partial charge >= 0.3 is 0 Å². The molecule has 0 aromatic heterocycles. The number of phenolic OH excluding ortho intramolecular Hbond substituents is 1. The van der Waals surface area contributed by atoms with Crippen molar-refractivity contribution in [1.29, 1.82) is 0 Å². The van der Waals surface area contributed by atoms with E-state index >= 15 is 0 Å². The standard InChI is InChI=1S/C26H21Br2NO2/c27-24-9-5-4-8-19(24)12-21-16-29(15-18-6-2-1-3-7-18)17-22(26(21)31)13-20-10-11-23(30)14-25(20)28/h1-14,30H,15-17H2/b21-12+,22-13+. The van der Waals surface area contributed by atoms with Crippen LogP contribution in [0.3, 0.4) is 0 Å². The predicted molar refractivity (Wildman–Crippen MR) is 133 cm³/mol. The third-order valence-electron chi connectivity index (χ3n) is 5.17. The second kappa shape index (κ2) is 9.77. The first-order valence-electron chi connectivity index (χ1n) is 9.95. The van der Waals surface area contributed by atoms with Crippen molar-refractivity contribution in [2.45, 2.75) is 6.54 Å². The smallest absolute Gasteiger partial charge is 0.187 e. The Morgan fingerprint density at radius 2 is 1.42 bits per heavy atom. The number of nitrogens with zero attached hydrogens (tertiary/aromatic N) is 1. The quantitative estimate of drug-likeness (QED) is 0.387. The Kier molecular flexibility index (Phi) is 6.86. The monoisotopic (exact) mass is 537 g/mol. The molecule has 1 N–H and O–H groups in total. The Morgan fingerprint density at radius 1 is 0.806 bits per heavy atom. The molecule has 0 spiro atoms. The zero-order valence-corrected chi connectivity index (χ0v) is 19.9. The molecule has 1 aliphatic heterocycles. The minimum absolute atomic E-state index is 0.0556. The molecule has 0 saturated carbocycles. The predicted octanol–water partition coefficient (Wildman–Crippen LogP) is 6.47. The van der Waals surface area contributed by atoms with Crippen molar-refractivity contribution >= 4 is 49.8 Å². The third kappa shape index (κ3) is 5.42. The molecule has 156 valence electrons. The summed E-state index contributed by atoms with van der Waals surface area (Å²) in [7, 11) is 0. The number of phenols is 1. The Morgan fingerprint density at radius 3 is 2.06 bits per heavy atom. The summed E-state index contributed by atoms with van der Waals surface area (Å²) in [4.78, 5) is 15.7. The zero-order chi connectivity index (χ0) is 21.8. The lowest BCUT2D eigenvalue weighted by atomic mass is 9.94. The van der Waals surface area contributed by atoms with Gasteiger partial charge < -0.3 is 5.11 Å². The van der Waals surface area contributed by atoms with E-state index in [4.69, 9.17) is 0 Å². The van der Waals surface area contributed by atoms with Crippen molar-refractivity contribution < 1.29 is 9.90 Å². The van der Waals surface area contributed by atoms with Crippen molar-refractivity contribution in [3.63, 3.8) is 0 Å². The van der Waals surface area contributed by atoms with Gasteiger partial charge in [-0.25, -0.2) is 0 Å². The molecule has 31 heavy (non-hydrogen) atoms. The number of Topliss-reactive ketones (excluding diaryl/α,β-unsaturated/α-hetero) is 1. The Bertz CT molecular complexity index is 1170. The van der Waals surface area contributed by atoms with Crippen LogP contribution in [0, 0.1) is 0 Å². The summed E-state index contributed by atoms with van der Waals surface area (Å²) >= 11 is 7.07. The number of hydrogen-bond acceptors (Lipinski definition) is 3. The first kappa shape index (κ1) is 21.8. The normalized spacial score (nSPS) is 17.4. The first-order valence-corrected chi connectivity index (χ1v) is 11.5. The SMILES string of the molecule is O=C1/C(=C/c2ccccc2Br)CN(Cc2ccccc2)C/C1=C\c1ccc(O)cc1Br. The summed E-state index contributed by atoms with van der Waals surface area (Å²) in [6.45, 7) is 1.91. The van der Waals surface area contributed by atoms with Crippen LogP contribution in [0.5, 0.6) is 5.75 Å². The third-order valence-corrected chi connectivity index (χ3v) is 6.58. The summed E-state index contributed by atoms with van der Waals surface area (Å²) < 4.78 is 1.71. The average molecular weight is 539 g/mol. The van der Waals surface area contributed by atoms with Crippen molar-refractivity contribution in [1.82, 2.24) is 4.90 Å². The number of piperidine rings is 1. The highest BCUT2D eigenvalue weighted by atomic mass is 79.9. The maximum atomic E-state index is 13.4. The number of halogens is 2. The fraction of sp³-hybridized carbons (Fsp3) is 0.115. The van der Waals surface area contributed by atoms with E-state index in [0.717, 1.165) is 37.8 Å². The van der Waals surface area contributed by atoms with Crippen LogP contribution in [0.1, 0.15) is 16.7 Å². The molecular formula is C26H21Br2NO2. The van der Waals surface area contributed by atoms with E-state index in [1.54, 1.807) is 12.1 Å². The van der Waals surface area contributed by atoms with Crippen molar-refractivity contribution in [2.24, 2.45) is 0 Å². The Hall–Kier alpha value is -2.47. The van der Waals surface area contributed by atoms with Gasteiger partial charge in [-0.05, 0) is 47.0 Å². The van der Waals surface area contributed by atoms with Gasteiger partial charge in [-0.15, -0.1) is 0 Å². The van der Waals surface area contributed by atoms with Gasteiger partial charge in [-0.3, -0.25) is 9.69 Å². The first-order chi connectivity index (χ1) is 15.0. The number of benzene rings is 3. The summed E-state index contributed by atoms with van der Waals surface area (Å²) in [5.74, 6) is 0.240. The van der Waals surface area contributed by atoms with E-state index in [0.29, 0.717) is 13.1 Å². The van der Waals surface area contributed by atoms with Crippen LogP contribution in [0.2, 0.25) is 0 Å². The van der Waals surface area contributed by atoms with Crippen molar-refractivity contribution in [2.75, 3.05) is 13.1 Å². The number of hydrogen-bond donors (Lipinski definition) is 1. The highest BCUT2D eigenvalue weighted by Crippen LogP contribution is 2.29. The van der Waals surface area contributed by atoms with Crippen LogP contribution in [-0.4, -0.2) is 28.9 Å². The van der Waals surface area contributed by atoms with E-state index in [9.17, 15) is 9.90 Å². The maximum Gasteiger partial charge on any atom is 0.187 e. The molecule has 0 radical (unpaired) electrons. The fourth-order valence-electron chi connectivity index (χ4n) is 3.66. The van der Waals surface area contributed by atoms with Gasteiger partial charge in [0.2, 0.25) is 0 Å². The number of ketones is 1. The molecule has 0 atom stereocenters. The molecule has 0 unspecified atom stereocenters. The molecule has 3 nitrogen and oxygen atoms in total. The van der Waals surface area contributed by atoms with E-state index in [2.05, 4.69) is 48.9 Å². The highest BCUT2D eigenvalue weighted by Gasteiger charge is 2.26. The van der Waals surface area contributed by atoms with E-state index < -0.39 is 0 Å². The molecule has 0 aliphatic carbocycles. The van der Waals surface area contributed by atoms with Gasteiger partial charge in [0.05, 0.1) is 0 Å². The van der Waals surface area contributed by atoms with Gasteiger partial charge in [-0.1, -0.05) is 86.5 Å². The van der Waals surface area contributed by atoms with E-state index in [1.807, 2.05) is 60.7 Å². The molecule has 3 aromatic carbocycles. The molecule has 0 amide bonds. The van der Waals surface area contributed by atoms with Crippen LogP contribution in [0.25, 0.3) is 12.2 Å². The van der Waals surface area contributed by atoms with E-state index in [1.165, 1.54) is 5.56 Å². The van der Waals surface area contributed by atoms with Gasteiger partial charge in [0.25, 0.3) is 0 Å². The van der Waals surface area contributed by atoms with Crippen molar-refractivity contribution in [3.8, 4) is 5.75 Å². The second-order valence-corrected chi connectivity index (χ2v) is 9.24. The van der Waals surface area contributed by atoms with Gasteiger partial charge in [0.15, 0.2) is 5.78 Å². The lowest BCUT2D eigenvalue weighted by Gasteiger charge is -2.30. The van der Waals surface area contributed by atoms with Gasteiger partial charge in [0.1, 0.15) is 5.75 Å². The largest absolute Gasteiger partial charge is 0.508 e. The molecule has 1 fully saturated rings. The summed E-state index contributed by atoms with van der Waals surface area (Å²) in [6, 6.07) is 23.3. The average Bonchev–Trinajstić information content (AvgIpc) is 2.75. The summed E-state index contributed by atoms with van der Waals surface area (Å²) in [6.07, 6.45) is 3.89. The summed E-state index contributed by atoms with van der Waals surface area (Å²) in [5.41, 5.74) is 4.55. The molecule has 5 heteroatoms.